The number of aryl methyl sites for hydroxylation is 1. The zero-order chi connectivity index (χ0) is 20.3. The topological polar surface area (TPSA) is 71.5 Å². The summed E-state index contributed by atoms with van der Waals surface area (Å²) in [6, 6.07) is 7.66. The second kappa shape index (κ2) is 8.22. The number of rotatable bonds is 7. The van der Waals surface area contributed by atoms with Gasteiger partial charge in [0.05, 0.1) is 13.7 Å². The molecule has 1 fully saturated rings. The van der Waals surface area contributed by atoms with Crippen LogP contribution in [-0.4, -0.2) is 54.3 Å². The molecule has 0 atom stereocenters. The van der Waals surface area contributed by atoms with Crippen LogP contribution in [0.25, 0.3) is 0 Å². The van der Waals surface area contributed by atoms with Crippen molar-refractivity contribution in [3.05, 3.63) is 30.0 Å². The SMILES string of the molecule is CNc1cc(C)nc(Nc2ccc(OC)c(OCC3CN(C(C)(C)C)C3)c2)n1. The lowest BCUT2D eigenvalue weighted by Gasteiger charge is -2.47. The Morgan fingerprint density at radius 1 is 1.14 bits per heavy atom. The first-order valence-corrected chi connectivity index (χ1v) is 9.65. The van der Waals surface area contributed by atoms with Crippen LogP contribution in [0, 0.1) is 12.8 Å². The van der Waals surface area contributed by atoms with Crippen molar-refractivity contribution in [2.24, 2.45) is 5.92 Å². The maximum atomic E-state index is 6.10. The molecule has 1 aliphatic rings. The van der Waals surface area contributed by atoms with E-state index in [0.717, 1.165) is 41.8 Å². The fourth-order valence-corrected chi connectivity index (χ4v) is 3.18. The van der Waals surface area contributed by atoms with Crippen LogP contribution in [0.2, 0.25) is 0 Å². The highest BCUT2D eigenvalue weighted by molar-refractivity contribution is 5.60. The maximum absolute atomic E-state index is 6.10. The molecule has 1 aromatic heterocycles. The van der Waals surface area contributed by atoms with E-state index in [1.807, 2.05) is 38.2 Å². The Morgan fingerprint density at radius 3 is 2.54 bits per heavy atom. The smallest absolute Gasteiger partial charge is 0.229 e. The third-order valence-corrected chi connectivity index (χ3v) is 4.91. The van der Waals surface area contributed by atoms with Crippen LogP contribution >= 0.6 is 0 Å². The summed E-state index contributed by atoms with van der Waals surface area (Å²) < 4.78 is 11.6. The molecule has 2 N–H and O–H groups in total. The number of likely N-dealkylation sites (tertiary alicyclic amines) is 1. The summed E-state index contributed by atoms with van der Waals surface area (Å²) in [5.74, 6) is 3.30. The number of aromatic nitrogens is 2. The third-order valence-electron chi connectivity index (χ3n) is 4.91. The molecule has 0 unspecified atom stereocenters. The normalized spacial score (nSPS) is 15.1. The minimum absolute atomic E-state index is 0.220. The van der Waals surface area contributed by atoms with E-state index in [0.29, 0.717) is 18.5 Å². The fraction of sp³-hybridized carbons (Fsp3) is 0.524. The van der Waals surface area contributed by atoms with Crippen molar-refractivity contribution in [2.75, 3.05) is 44.5 Å². The van der Waals surface area contributed by atoms with Gasteiger partial charge in [-0.15, -0.1) is 0 Å². The summed E-state index contributed by atoms with van der Waals surface area (Å²) in [5.41, 5.74) is 1.96. The Balaban J connectivity index is 1.66. The lowest BCUT2D eigenvalue weighted by molar-refractivity contribution is -0.00617. The van der Waals surface area contributed by atoms with Crippen LogP contribution in [0.15, 0.2) is 24.3 Å². The van der Waals surface area contributed by atoms with Crippen molar-refractivity contribution in [3.63, 3.8) is 0 Å². The van der Waals surface area contributed by atoms with Gasteiger partial charge >= 0.3 is 0 Å². The van der Waals surface area contributed by atoms with Crippen LogP contribution in [-0.2, 0) is 0 Å². The Morgan fingerprint density at radius 2 is 1.89 bits per heavy atom. The van der Waals surface area contributed by atoms with E-state index in [2.05, 4.69) is 46.3 Å². The Bertz CT molecular complexity index is 813. The second-order valence-electron chi connectivity index (χ2n) is 8.21. The third kappa shape index (κ3) is 4.84. The summed E-state index contributed by atoms with van der Waals surface area (Å²) in [4.78, 5) is 11.3. The molecule has 7 heteroatoms. The van der Waals surface area contributed by atoms with Gasteiger partial charge in [-0.2, -0.15) is 4.98 Å². The highest BCUT2D eigenvalue weighted by Gasteiger charge is 2.34. The highest BCUT2D eigenvalue weighted by Crippen LogP contribution is 2.33. The monoisotopic (exact) mass is 385 g/mol. The average Bonchev–Trinajstić information content (AvgIpc) is 2.59. The Hall–Kier alpha value is -2.54. The molecule has 2 aromatic rings. The number of hydrogen-bond acceptors (Lipinski definition) is 7. The Kier molecular flexibility index (Phi) is 5.93. The van der Waals surface area contributed by atoms with Crippen molar-refractivity contribution >= 4 is 17.5 Å². The average molecular weight is 386 g/mol. The van der Waals surface area contributed by atoms with Gasteiger partial charge in [0.25, 0.3) is 0 Å². The molecule has 0 bridgehead atoms. The van der Waals surface area contributed by atoms with Gasteiger partial charge in [-0.05, 0) is 39.8 Å². The van der Waals surface area contributed by atoms with Gasteiger partial charge in [0.1, 0.15) is 5.82 Å². The second-order valence-corrected chi connectivity index (χ2v) is 8.21. The van der Waals surface area contributed by atoms with Crippen LogP contribution in [0.3, 0.4) is 0 Å². The number of nitrogens with one attached hydrogen (secondary N) is 2. The van der Waals surface area contributed by atoms with E-state index in [-0.39, 0.29) is 5.54 Å². The van der Waals surface area contributed by atoms with Crippen molar-refractivity contribution in [3.8, 4) is 11.5 Å². The number of anilines is 3. The molecule has 28 heavy (non-hydrogen) atoms. The molecular formula is C21H31N5O2. The molecule has 7 nitrogen and oxygen atoms in total. The molecule has 0 aliphatic carbocycles. The molecule has 0 spiro atoms. The van der Waals surface area contributed by atoms with Crippen molar-refractivity contribution in [1.82, 2.24) is 14.9 Å². The maximum Gasteiger partial charge on any atom is 0.229 e. The van der Waals surface area contributed by atoms with Gasteiger partial charge < -0.3 is 20.1 Å². The zero-order valence-electron chi connectivity index (χ0n) is 17.7. The van der Waals surface area contributed by atoms with Crippen molar-refractivity contribution in [1.29, 1.82) is 0 Å². The van der Waals surface area contributed by atoms with E-state index >= 15 is 0 Å². The predicted molar refractivity (Wildman–Crippen MR) is 113 cm³/mol. The molecule has 0 amide bonds. The lowest BCUT2D eigenvalue weighted by atomic mass is 9.93. The van der Waals surface area contributed by atoms with E-state index in [1.54, 1.807) is 7.11 Å². The summed E-state index contributed by atoms with van der Waals surface area (Å²) >= 11 is 0. The minimum atomic E-state index is 0.220. The number of hydrogen-bond donors (Lipinski definition) is 2. The molecular weight excluding hydrogens is 354 g/mol. The van der Waals surface area contributed by atoms with Crippen LogP contribution < -0.4 is 20.1 Å². The van der Waals surface area contributed by atoms with E-state index in [9.17, 15) is 0 Å². The summed E-state index contributed by atoms with van der Waals surface area (Å²) in [7, 11) is 3.50. The zero-order valence-corrected chi connectivity index (χ0v) is 17.7. The number of ether oxygens (including phenoxy) is 2. The van der Waals surface area contributed by atoms with E-state index < -0.39 is 0 Å². The molecule has 1 aliphatic heterocycles. The molecule has 1 saturated heterocycles. The van der Waals surface area contributed by atoms with Gasteiger partial charge in [0, 0.05) is 55.1 Å². The largest absolute Gasteiger partial charge is 0.493 e. The summed E-state index contributed by atoms with van der Waals surface area (Å²) in [6.45, 7) is 11.5. The van der Waals surface area contributed by atoms with Crippen molar-refractivity contribution < 1.29 is 9.47 Å². The molecule has 1 aromatic carbocycles. The first-order valence-electron chi connectivity index (χ1n) is 9.65. The van der Waals surface area contributed by atoms with Gasteiger partial charge in [0.2, 0.25) is 5.95 Å². The van der Waals surface area contributed by atoms with Gasteiger partial charge in [-0.3, -0.25) is 4.90 Å². The van der Waals surface area contributed by atoms with Gasteiger partial charge in [-0.25, -0.2) is 4.98 Å². The van der Waals surface area contributed by atoms with Crippen LogP contribution in [0.5, 0.6) is 11.5 Å². The quantitative estimate of drug-likeness (QED) is 0.753. The minimum Gasteiger partial charge on any atom is -0.493 e. The molecule has 2 heterocycles. The number of nitrogens with zero attached hydrogens (tertiary/aromatic N) is 3. The van der Waals surface area contributed by atoms with E-state index in [4.69, 9.17) is 9.47 Å². The number of methoxy groups -OCH3 is 1. The first kappa shape index (κ1) is 20.2. The fourth-order valence-electron chi connectivity index (χ4n) is 3.18. The van der Waals surface area contributed by atoms with E-state index in [1.165, 1.54) is 0 Å². The van der Waals surface area contributed by atoms with Gasteiger partial charge in [0.15, 0.2) is 11.5 Å². The lowest BCUT2D eigenvalue weighted by Crippen LogP contribution is -2.57. The summed E-state index contributed by atoms with van der Waals surface area (Å²) in [6.07, 6.45) is 0. The van der Waals surface area contributed by atoms with Crippen molar-refractivity contribution in [2.45, 2.75) is 33.2 Å². The molecule has 0 saturated carbocycles. The Labute approximate surface area is 167 Å². The molecule has 152 valence electrons. The summed E-state index contributed by atoms with van der Waals surface area (Å²) in [5, 5.41) is 6.29. The van der Waals surface area contributed by atoms with Crippen LogP contribution in [0.1, 0.15) is 26.5 Å². The molecule has 0 radical (unpaired) electrons. The first-order chi connectivity index (χ1) is 13.3. The van der Waals surface area contributed by atoms with Crippen LogP contribution in [0.4, 0.5) is 17.5 Å². The highest BCUT2D eigenvalue weighted by atomic mass is 16.5. The predicted octanol–water partition coefficient (Wildman–Crippen LogP) is 3.69. The standard InChI is InChI=1S/C21H31N5O2/c1-14-9-19(22-5)25-20(23-14)24-16-7-8-17(27-6)18(10-16)28-13-15-11-26(12-15)21(2,3)4/h7-10,15H,11-13H2,1-6H3,(H2,22,23,24,25). The number of benzene rings is 1. The van der Waals surface area contributed by atoms with Gasteiger partial charge in [-0.1, -0.05) is 0 Å². The molecule has 3 rings (SSSR count).